The van der Waals surface area contributed by atoms with Crippen LogP contribution in [-0.4, -0.2) is 11.0 Å². The molecule has 2 aromatic rings. The summed E-state index contributed by atoms with van der Waals surface area (Å²) in [6, 6.07) is 5.86. The van der Waals surface area contributed by atoms with E-state index in [1.807, 2.05) is 0 Å². The molecule has 0 spiro atoms. The number of anilines is 1. The number of nitriles is 1. The van der Waals surface area contributed by atoms with Crippen molar-refractivity contribution in [3.63, 3.8) is 0 Å². The van der Waals surface area contributed by atoms with Crippen LogP contribution in [0, 0.1) is 18.3 Å². The van der Waals surface area contributed by atoms with Crippen LogP contribution in [0.3, 0.4) is 0 Å². The number of rotatable bonds is 3. The van der Waals surface area contributed by atoms with Crippen LogP contribution in [0.4, 0.5) is 18.9 Å². The van der Waals surface area contributed by atoms with Gasteiger partial charge in [-0.3, -0.25) is 4.79 Å². The lowest BCUT2D eigenvalue weighted by molar-refractivity contribution is -0.137. The average Bonchev–Trinajstić information content (AvgIpc) is 2.57. The Morgan fingerprint density at radius 3 is 2.44 bits per heavy atom. The lowest BCUT2D eigenvalue weighted by Crippen LogP contribution is -2.16. The highest BCUT2D eigenvalue weighted by molar-refractivity contribution is 6.32. The zero-order chi connectivity index (χ0) is 20.5. The Morgan fingerprint density at radius 2 is 1.93 bits per heavy atom. The van der Waals surface area contributed by atoms with Gasteiger partial charge in [-0.1, -0.05) is 25.4 Å². The van der Waals surface area contributed by atoms with Gasteiger partial charge < -0.3 is 10.4 Å². The fraction of sp³-hybridized carbons (Fsp3) is 0.263. The van der Waals surface area contributed by atoms with Gasteiger partial charge in [-0.15, -0.1) is 0 Å². The number of phenols is 1. The molecule has 0 aliphatic carbocycles. The molecule has 0 aliphatic rings. The number of alkyl halides is 3. The van der Waals surface area contributed by atoms with E-state index in [9.17, 15) is 23.1 Å². The molecule has 1 amide bonds. The Balaban J connectivity index is 2.49. The Bertz CT molecular complexity index is 947. The van der Waals surface area contributed by atoms with Gasteiger partial charge in [0.2, 0.25) is 0 Å². The van der Waals surface area contributed by atoms with E-state index >= 15 is 0 Å². The normalized spacial score (nSPS) is 11.4. The summed E-state index contributed by atoms with van der Waals surface area (Å²) < 4.78 is 39.2. The molecule has 0 saturated heterocycles. The molecule has 0 atom stereocenters. The molecule has 0 aromatic heterocycles. The number of nitrogens with one attached hydrogen (secondary N) is 1. The first-order valence-electron chi connectivity index (χ1n) is 7.92. The maximum atomic E-state index is 13.1. The molecule has 27 heavy (non-hydrogen) atoms. The van der Waals surface area contributed by atoms with Gasteiger partial charge in [-0.2, -0.15) is 18.4 Å². The van der Waals surface area contributed by atoms with Crippen molar-refractivity contribution in [2.45, 2.75) is 32.9 Å². The van der Waals surface area contributed by atoms with Gasteiger partial charge in [0.05, 0.1) is 22.8 Å². The summed E-state index contributed by atoms with van der Waals surface area (Å²) in [4.78, 5) is 12.6. The molecular formula is C19H16ClF3N2O2. The molecule has 0 unspecified atom stereocenters. The monoisotopic (exact) mass is 396 g/mol. The summed E-state index contributed by atoms with van der Waals surface area (Å²) in [6.45, 7) is 5.14. The molecule has 142 valence electrons. The van der Waals surface area contributed by atoms with Crippen LogP contribution in [-0.2, 0) is 6.18 Å². The van der Waals surface area contributed by atoms with Gasteiger partial charge in [0.15, 0.2) is 0 Å². The maximum Gasteiger partial charge on any atom is 0.417 e. The smallest absolute Gasteiger partial charge is 0.417 e. The minimum atomic E-state index is -4.75. The topological polar surface area (TPSA) is 73.1 Å². The van der Waals surface area contributed by atoms with Gasteiger partial charge in [0.1, 0.15) is 5.75 Å². The second-order valence-electron chi connectivity index (χ2n) is 6.27. The van der Waals surface area contributed by atoms with Crippen molar-refractivity contribution in [3.8, 4) is 11.8 Å². The highest BCUT2D eigenvalue weighted by Crippen LogP contribution is 2.37. The summed E-state index contributed by atoms with van der Waals surface area (Å²) in [5.41, 5.74) is -1.21. The second kappa shape index (κ2) is 7.49. The highest BCUT2D eigenvalue weighted by atomic mass is 35.5. The molecule has 0 bridgehead atoms. The molecule has 0 saturated carbocycles. The Labute approximate surface area is 159 Å². The van der Waals surface area contributed by atoms with Gasteiger partial charge in [0.25, 0.3) is 5.91 Å². The lowest BCUT2D eigenvalue weighted by Gasteiger charge is -2.17. The van der Waals surface area contributed by atoms with Crippen molar-refractivity contribution in [1.82, 2.24) is 0 Å². The first-order valence-corrected chi connectivity index (χ1v) is 8.29. The number of phenolic OH excluding ortho intramolecular Hbond substituents is 1. The van der Waals surface area contributed by atoms with Crippen molar-refractivity contribution in [3.05, 3.63) is 57.1 Å². The molecule has 0 fully saturated rings. The fourth-order valence-electron chi connectivity index (χ4n) is 2.62. The number of benzene rings is 2. The maximum absolute atomic E-state index is 13.1. The molecule has 8 heteroatoms. The quantitative estimate of drug-likeness (QED) is 0.707. The second-order valence-corrected chi connectivity index (χ2v) is 6.68. The van der Waals surface area contributed by atoms with Crippen LogP contribution in [0.25, 0.3) is 0 Å². The van der Waals surface area contributed by atoms with Crippen molar-refractivity contribution in [1.29, 1.82) is 5.26 Å². The van der Waals surface area contributed by atoms with Crippen LogP contribution < -0.4 is 5.32 Å². The van der Waals surface area contributed by atoms with Crippen LogP contribution in [0.1, 0.15) is 52.4 Å². The van der Waals surface area contributed by atoms with E-state index in [1.165, 1.54) is 19.1 Å². The van der Waals surface area contributed by atoms with Crippen LogP contribution in [0.15, 0.2) is 24.3 Å². The van der Waals surface area contributed by atoms with Crippen molar-refractivity contribution >= 4 is 23.2 Å². The number of hydrogen-bond donors (Lipinski definition) is 2. The average molecular weight is 397 g/mol. The Morgan fingerprint density at radius 1 is 1.30 bits per heavy atom. The third kappa shape index (κ3) is 4.17. The summed E-state index contributed by atoms with van der Waals surface area (Å²) in [5, 5.41) is 21.9. The first kappa shape index (κ1) is 20.6. The Hall–Kier alpha value is -2.72. The van der Waals surface area contributed by atoms with Crippen molar-refractivity contribution < 1.29 is 23.1 Å². The number of carbonyl (C=O) groups excluding carboxylic acids is 1. The summed E-state index contributed by atoms with van der Waals surface area (Å²) in [6.07, 6.45) is -4.75. The first-order chi connectivity index (χ1) is 12.5. The third-order valence-corrected chi connectivity index (χ3v) is 4.47. The summed E-state index contributed by atoms with van der Waals surface area (Å²) in [5.74, 6) is -1.19. The highest BCUT2D eigenvalue weighted by Gasteiger charge is 2.34. The van der Waals surface area contributed by atoms with Gasteiger partial charge in [-0.25, -0.2) is 0 Å². The predicted octanol–water partition coefficient (Wildman–Crippen LogP) is 5.62. The molecule has 0 aliphatic heterocycles. The molecule has 4 nitrogen and oxygen atoms in total. The van der Waals surface area contributed by atoms with E-state index in [2.05, 4.69) is 5.32 Å². The number of nitrogens with zero attached hydrogens (tertiary/aromatic N) is 1. The summed E-state index contributed by atoms with van der Waals surface area (Å²) >= 11 is 6.13. The minimum Gasteiger partial charge on any atom is -0.507 e. The van der Waals surface area contributed by atoms with E-state index < -0.39 is 23.2 Å². The molecule has 2 rings (SSSR count). The van der Waals surface area contributed by atoms with Crippen LogP contribution >= 0.6 is 11.6 Å². The SMILES string of the molecule is Cc1c(Cl)cc(C(C)C)c(O)c1C(=O)Nc1ccc(C#N)c(C(F)(F)F)c1. The van der Waals surface area contributed by atoms with E-state index in [0.29, 0.717) is 17.2 Å². The fourth-order valence-corrected chi connectivity index (χ4v) is 2.83. The standard InChI is InChI=1S/C19H16ClF3N2O2/c1-9(2)13-7-15(20)10(3)16(17(13)26)18(27)25-12-5-4-11(8-24)14(6-12)19(21,22)23/h4-7,9,26H,1-3H3,(H,25,27). The van der Waals surface area contributed by atoms with E-state index in [1.54, 1.807) is 19.9 Å². The van der Waals surface area contributed by atoms with Crippen molar-refractivity contribution in [2.24, 2.45) is 0 Å². The molecule has 0 heterocycles. The molecule has 2 aromatic carbocycles. The molecule has 2 N–H and O–H groups in total. The lowest BCUT2D eigenvalue weighted by atomic mass is 9.95. The predicted molar refractivity (Wildman–Crippen MR) is 96.1 cm³/mol. The van der Waals surface area contributed by atoms with Gasteiger partial charge >= 0.3 is 6.18 Å². The number of amides is 1. The number of hydrogen-bond acceptors (Lipinski definition) is 3. The van der Waals surface area contributed by atoms with Gasteiger partial charge in [0, 0.05) is 10.7 Å². The van der Waals surface area contributed by atoms with Crippen molar-refractivity contribution in [2.75, 3.05) is 5.32 Å². The van der Waals surface area contributed by atoms with E-state index in [0.717, 1.165) is 6.07 Å². The Kier molecular flexibility index (Phi) is 5.71. The zero-order valence-corrected chi connectivity index (χ0v) is 15.5. The third-order valence-electron chi connectivity index (χ3n) is 4.08. The van der Waals surface area contributed by atoms with E-state index in [4.69, 9.17) is 16.9 Å². The molecular weight excluding hydrogens is 381 g/mol. The van der Waals surface area contributed by atoms with Crippen LogP contribution in [0.5, 0.6) is 5.75 Å². The zero-order valence-electron chi connectivity index (χ0n) is 14.7. The number of carbonyl (C=O) groups is 1. The van der Waals surface area contributed by atoms with E-state index in [-0.39, 0.29) is 27.9 Å². The minimum absolute atomic E-state index is 0.107. The van der Waals surface area contributed by atoms with Crippen LogP contribution in [0.2, 0.25) is 5.02 Å². The largest absolute Gasteiger partial charge is 0.507 e. The number of aromatic hydroxyl groups is 1. The summed E-state index contributed by atoms with van der Waals surface area (Å²) in [7, 11) is 0. The number of halogens is 4. The molecule has 0 radical (unpaired) electrons. The van der Waals surface area contributed by atoms with Gasteiger partial charge in [-0.05, 0) is 48.2 Å².